The van der Waals surface area contributed by atoms with Crippen LogP contribution in [0.5, 0.6) is 0 Å². The molecule has 0 spiro atoms. The molecule has 0 bridgehead atoms. The standard InChI is InChI=1S/C21H39N5O2/c1-5-22-21(23-12-14-28-19-10-8-6-7-9-11-19)24-16-20-17(2)25-26(18(20)3)13-15-27-4/h19H,5-16H2,1-4H3,(H2,22,23,24). The lowest BCUT2D eigenvalue weighted by atomic mass is 10.1. The molecule has 0 saturated heterocycles. The number of nitrogens with zero attached hydrogens (tertiary/aromatic N) is 3. The smallest absolute Gasteiger partial charge is 0.191 e. The van der Waals surface area contributed by atoms with Crippen molar-refractivity contribution >= 4 is 5.96 Å². The van der Waals surface area contributed by atoms with Crippen molar-refractivity contribution in [2.45, 2.75) is 78.5 Å². The Hall–Kier alpha value is -1.60. The highest BCUT2D eigenvalue weighted by atomic mass is 16.5. The molecule has 2 N–H and O–H groups in total. The quantitative estimate of drug-likeness (QED) is 0.277. The van der Waals surface area contributed by atoms with Crippen molar-refractivity contribution in [3.63, 3.8) is 0 Å². The lowest BCUT2D eigenvalue weighted by Crippen LogP contribution is -2.39. The Labute approximate surface area is 170 Å². The Morgan fingerprint density at radius 1 is 1.14 bits per heavy atom. The van der Waals surface area contributed by atoms with Crippen molar-refractivity contribution in [2.24, 2.45) is 4.99 Å². The molecule has 160 valence electrons. The van der Waals surface area contributed by atoms with E-state index in [4.69, 9.17) is 14.5 Å². The minimum atomic E-state index is 0.437. The van der Waals surface area contributed by atoms with E-state index in [1.807, 2.05) is 11.6 Å². The lowest BCUT2D eigenvalue weighted by molar-refractivity contribution is 0.0468. The minimum Gasteiger partial charge on any atom is -0.383 e. The number of nitrogens with one attached hydrogen (secondary N) is 2. The fourth-order valence-electron chi connectivity index (χ4n) is 3.66. The van der Waals surface area contributed by atoms with Crippen molar-refractivity contribution in [1.29, 1.82) is 0 Å². The summed E-state index contributed by atoms with van der Waals surface area (Å²) in [5.74, 6) is 0.829. The summed E-state index contributed by atoms with van der Waals surface area (Å²) in [5.41, 5.74) is 3.37. The van der Waals surface area contributed by atoms with E-state index in [9.17, 15) is 0 Å². The predicted molar refractivity (Wildman–Crippen MR) is 114 cm³/mol. The first-order chi connectivity index (χ1) is 13.7. The average Bonchev–Trinajstić information content (AvgIpc) is 2.86. The summed E-state index contributed by atoms with van der Waals surface area (Å²) in [5, 5.41) is 11.3. The van der Waals surface area contributed by atoms with Gasteiger partial charge < -0.3 is 20.1 Å². The molecule has 1 heterocycles. The van der Waals surface area contributed by atoms with Gasteiger partial charge in [0.25, 0.3) is 0 Å². The molecule has 28 heavy (non-hydrogen) atoms. The Morgan fingerprint density at radius 2 is 1.89 bits per heavy atom. The van der Waals surface area contributed by atoms with Gasteiger partial charge in [0.1, 0.15) is 0 Å². The molecule has 7 heteroatoms. The van der Waals surface area contributed by atoms with Crippen LogP contribution < -0.4 is 10.6 Å². The van der Waals surface area contributed by atoms with Gasteiger partial charge in [0, 0.05) is 31.5 Å². The van der Waals surface area contributed by atoms with Crippen LogP contribution >= 0.6 is 0 Å². The van der Waals surface area contributed by atoms with Gasteiger partial charge in [-0.25, -0.2) is 4.99 Å². The Bertz CT molecular complexity index is 592. The van der Waals surface area contributed by atoms with Gasteiger partial charge >= 0.3 is 0 Å². The highest BCUT2D eigenvalue weighted by Gasteiger charge is 2.13. The van der Waals surface area contributed by atoms with Crippen LogP contribution in [0.2, 0.25) is 0 Å². The molecule has 7 nitrogen and oxygen atoms in total. The van der Waals surface area contributed by atoms with Gasteiger partial charge in [-0.1, -0.05) is 25.7 Å². The first-order valence-corrected chi connectivity index (χ1v) is 10.8. The van der Waals surface area contributed by atoms with Gasteiger partial charge in [0.05, 0.1) is 38.1 Å². The Morgan fingerprint density at radius 3 is 2.57 bits per heavy atom. The second-order valence-corrected chi connectivity index (χ2v) is 7.47. The van der Waals surface area contributed by atoms with E-state index in [0.29, 0.717) is 19.3 Å². The monoisotopic (exact) mass is 393 g/mol. The summed E-state index contributed by atoms with van der Waals surface area (Å²) in [6.07, 6.45) is 8.18. The topological polar surface area (TPSA) is 72.7 Å². The maximum absolute atomic E-state index is 6.06. The molecule has 0 aliphatic heterocycles. The first-order valence-electron chi connectivity index (χ1n) is 10.8. The van der Waals surface area contributed by atoms with Crippen molar-refractivity contribution in [3.05, 3.63) is 17.0 Å². The van der Waals surface area contributed by atoms with Crippen LogP contribution in [0.15, 0.2) is 4.99 Å². The molecule has 1 saturated carbocycles. The van der Waals surface area contributed by atoms with E-state index in [0.717, 1.165) is 43.6 Å². The SMILES string of the molecule is CCNC(=NCc1c(C)nn(CCOC)c1C)NCCOC1CCCCCC1. The molecule has 2 rings (SSSR count). The van der Waals surface area contributed by atoms with Crippen LogP contribution in [0.25, 0.3) is 0 Å². The third-order valence-corrected chi connectivity index (χ3v) is 5.33. The third-order valence-electron chi connectivity index (χ3n) is 5.33. The number of methoxy groups -OCH3 is 1. The lowest BCUT2D eigenvalue weighted by Gasteiger charge is -2.16. The number of aliphatic imine (C=N–C) groups is 1. The second kappa shape index (κ2) is 12.8. The van der Waals surface area contributed by atoms with E-state index < -0.39 is 0 Å². The van der Waals surface area contributed by atoms with Crippen LogP contribution in [0, 0.1) is 13.8 Å². The molecule has 1 aromatic rings. The maximum atomic E-state index is 6.06. The van der Waals surface area contributed by atoms with Gasteiger partial charge in [0.2, 0.25) is 0 Å². The number of hydrogen-bond donors (Lipinski definition) is 2. The van der Waals surface area contributed by atoms with Gasteiger partial charge in [0.15, 0.2) is 5.96 Å². The number of ether oxygens (including phenoxy) is 2. The maximum Gasteiger partial charge on any atom is 0.191 e. The normalized spacial score (nSPS) is 16.2. The van der Waals surface area contributed by atoms with Crippen LogP contribution in [-0.2, 0) is 22.6 Å². The average molecular weight is 394 g/mol. The molecule has 1 aliphatic carbocycles. The van der Waals surface area contributed by atoms with Crippen LogP contribution in [0.3, 0.4) is 0 Å². The molecule has 0 amide bonds. The molecule has 0 atom stereocenters. The number of rotatable bonds is 10. The van der Waals surface area contributed by atoms with E-state index in [2.05, 4.69) is 29.6 Å². The van der Waals surface area contributed by atoms with Crippen LogP contribution in [0.1, 0.15) is 62.4 Å². The van der Waals surface area contributed by atoms with E-state index in [1.54, 1.807) is 7.11 Å². The van der Waals surface area contributed by atoms with E-state index in [-0.39, 0.29) is 0 Å². The minimum absolute atomic E-state index is 0.437. The summed E-state index contributed by atoms with van der Waals surface area (Å²) in [6, 6.07) is 0. The summed E-state index contributed by atoms with van der Waals surface area (Å²) in [6.45, 7) is 10.6. The van der Waals surface area contributed by atoms with Crippen LogP contribution in [-0.4, -0.2) is 55.3 Å². The number of aryl methyl sites for hydroxylation is 1. The zero-order valence-corrected chi connectivity index (χ0v) is 18.2. The third kappa shape index (κ3) is 7.43. The Kier molecular flexibility index (Phi) is 10.4. The van der Waals surface area contributed by atoms with E-state index >= 15 is 0 Å². The molecule has 1 aromatic heterocycles. The summed E-state index contributed by atoms with van der Waals surface area (Å²) in [7, 11) is 1.71. The van der Waals surface area contributed by atoms with Gasteiger partial charge in [-0.3, -0.25) is 4.68 Å². The fourth-order valence-corrected chi connectivity index (χ4v) is 3.66. The van der Waals surface area contributed by atoms with Crippen molar-refractivity contribution in [1.82, 2.24) is 20.4 Å². The molecular formula is C21H39N5O2. The molecule has 0 unspecified atom stereocenters. The zero-order chi connectivity index (χ0) is 20.2. The van der Waals surface area contributed by atoms with Gasteiger partial charge in [-0.15, -0.1) is 0 Å². The summed E-state index contributed by atoms with van der Waals surface area (Å²) in [4.78, 5) is 4.75. The van der Waals surface area contributed by atoms with Crippen molar-refractivity contribution < 1.29 is 9.47 Å². The number of hydrogen-bond acceptors (Lipinski definition) is 4. The van der Waals surface area contributed by atoms with Gasteiger partial charge in [-0.2, -0.15) is 5.10 Å². The van der Waals surface area contributed by atoms with Crippen molar-refractivity contribution in [2.75, 3.05) is 33.4 Å². The largest absolute Gasteiger partial charge is 0.383 e. The predicted octanol–water partition coefficient (Wildman–Crippen LogP) is 2.94. The molecule has 1 aliphatic rings. The Balaban J connectivity index is 1.83. The molecule has 0 radical (unpaired) electrons. The van der Waals surface area contributed by atoms with Crippen molar-refractivity contribution in [3.8, 4) is 0 Å². The molecular weight excluding hydrogens is 354 g/mol. The number of guanidine groups is 1. The van der Waals surface area contributed by atoms with Gasteiger partial charge in [-0.05, 0) is 33.6 Å². The summed E-state index contributed by atoms with van der Waals surface area (Å²) < 4.78 is 13.2. The first kappa shape index (κ1) is 22.7. The highest BCUT2D eigenvalue weighted by molar-refractivity contribution is 5.79. The van der Waals surface area contributed by atoms with E-state index in [1.165, 1.54) is 44.1 Å². The highest BCUT2D eigenvalue weighted by Crippen LogP contribution is 2.19. The fraction of sp³-hybridized carbons (Fsp3) is 0.810. The zero-order valence-electron chi connectivity index (χ0n) is 18.2. The second-order valence-electron chi connectivity index (χ2n) is 7.47. The summed E-state index contributed by atoms with van der Waals surface area (Å²) >= 11 is 0. The molecule has 0 aromatic carbocycles. The van der Waals surface area contributed by atoms with Crippen LogP contribution in [0.4, 0.5) is 0 Å². The number of aromatic nitrogens is 2. The molecule has 1 fully saturated rings.